The summed E-state index contributed by atoms with van der Waals surface area (Å²) in [5, 5.41) is 38.3. The largest absolute Gasteiger partial charge is 0.394 e. The Balaban J connectivity index is 1.92. The third-order valence-electron chi connectivity index (χ3n) is 5.00. The maximum absolute atomic E-state index is 9.84. The summed E-state index contributed by atoms with van der Waals surface area (Å²) in [6.45, 7) is 3.03. The molecule has 27 heavy (non-hydrogen) atoms. The second-order valence-electron chi connectivity index (χ2n) is 7.36. The predicted octanol–water partition coefficient (Wildman–Crippen LogP) is 1.74. The molecular formula is C20H40O7. The number of ether oxygens (including phenoxy) is 3. The lowest BCUT2D eigenvalue weighted by Crippen LogP contribution is -2.59. The molecule has 1 heterocycles. The molecule has 1 aliphatic heterocycles. The van der Waals surface area contributed by atoms with Crippen molar-refractivity contribution in [2.45, 2.75) is 102 Å². The maximum Gasteiger partial charge on any atom is 0.186 e. The van der Waals surface area contributed by atoms with Gasteiger partial charge < -0.3 is 34.6 Å². The number of rotatable bonds is 16. The minimum Gasteiger partial charge on any atom is -0.394 e. The molecule has 7 heteroatoms. The molecule has 0 aromatic heterocycles. The highest BCUT2D eigenvalue weighted by molar-refractivity contribution is 4.88. The molecule has 0 bridgehead atoms. The molecule has 162 valence electrons. The molecule has 0 aromatic rings. The Bertz CT molecular complexity index is 340. The molecule has 0 spiro atoms. The summed E-state index contributed by atoms with van der Waals surface area (Å²) >= 11 is 0. The summed E-state index contributed by atoms with van der Waals surface area (Å²) < 4.78 is 16.1. The third kappa shape index (κ3) is 10.2. The van der Waals surface area contributed by atoms with Gasteiger partial charge in [0.15, 0.2) is 6.29 Å². The Kier molecular flexibility index (Phi) is 14.3. The van der Waals surface area contributed by atoms with Crippen molar-refractivity contribution >= 4 is 0 Å². The highest BCUT2D eigenvalue weighted by Crippen LogP contribution is 2.21. The molecule has 1 saturated heterocycles. The number of unbranched alkanes of at least 4 members (excludes halogenated alkanes) is 9. The van der Waals surface area contributed by atoms with Crippen molar-refractivity contribution in [2.75, 3.05) is 26.4 Å². The minimum absolute atomic E-state index is 0.209. The second kappa shape index (κ2) is 15.6. The first-order valence-electron chi connectivity index (χ1n) is 10.6. The zero-order chi connectivity index (χ0) is 19.9. The van der Waals surface area contributed by atoms with E-state index in [4.69, 9.17) is 19.3 Å². The van der Waals surface area contributed by atoms with Gasteiger partial charge in [0.2, 0.25) is 0 Å². The second-order valence-corrected chi connectivity index (χ2v) is 7.36. The van der Waals surface area contributed by atoms with Gasteiger partial charge in [-0.3, -0.25) is 0 Å². The van der Waals surface area contributed by atoms with Crippen LogP contribution in [0.15, 0.2) is 0 Å². The predicted molar refractivity (Wildman–Crippen MR) is 102 cm³/mol. The first-order chi connectivity index (χ1) is 13.1. The molecule has 0 aliphatic carbocycles. The quantitative estimate of drug-likeness (QED) is 0.296. The Morgan fingerprint density at radius 1 is 0.704 bits per heavy atom. The van der Waals surface area contributed by atoms with Crippen LogP contribution in [0.25, 0.3) is 0 Å². The third-order valence-corrected chi connectivity index (χ3v) is 5.00. The molecule has 0 radical (unpaired) electrons. The van der Waals surface area contributed by atoms with E-state index in [0.29, 0.717) is 13.2 Å². The summed E-state index contributed by atoms with van der Waals surface area (Å²) in [7, 11) is 0. The number of aliphatic hydroxyl groups excluding tert-OH is 4. The number of hydrogen-bond acceptors (Lipinski definition) is 7. The van der Waals surface area contributed by atoms with E-state index in [0.717, 1.165) is 6.42 Å². The van der Waals surface area contributed by atoms with Gasteiger partial charge in [-0.2, -0.15) is 0 Å². The average Bonchev–Trinajstić information content (AvgIpc) is 2.68. The van der Waals surface area contributed by atoms with Gasteiger partial charge in [-0.1, -0.05) is 64.7 Å². The Morgan fingerprint density at radius 3 is 1.89 bits per heavy atom. The topological polar surface area (TPSA) is 109 Å². The normalized spacial score (nSPS) is 28.6. The van der Waals surface area contributed by atoms with Crippen LogP contribution in [0.1, 0.15) is 71.1 Å². The first-order valence-corrected chi connectivity index (χ1v) is 10.6. The fraction of sp³-hybridized carbons (Fsp3) is 1.00. The highest BCUT2D eigenvalue weighted by atomic mass is 16.7. The van der Waals surface area contributed by atoms with E-state index in [-0.39, 0.29) is 6.61 Å². The first kappa shape index (κ1) is 24.8. The fourth-order valence-corrected chi connectivity index (χ4v) is 3.22. The lowest BCUT2D eigenvalue weighted by Gasteiger charge is -2.39. The van der Waals surface area contributed by atoms with Gasteiger partial charge in [0, 0.05) is 6.61 Å². The van der Waals surface area contributed by atoms with Crippen molar-refractivity contribution in [1.82, 2.24) is 0 Å². The zero-order valence-corrected chi connectivity index (χ0v) is 16.8. The Hall–Kier alpha value is -0.280. The van der Waals surface area contributed by atoms with E-state index >= 15 is 0 Å². The van der Waals surface area contributed by atoms with Crippen LogP contribution in [-0.2, 0) is 14.2 Å². The molecule has 0 aromatic carbocycles. The van der Waals surface area contributed by atoms with Crippen molar-refractivity contribution in [2.24, 2.45) is 0 Å². The van der Waals surface area contributed by atoms with Crippen molar-refractivity contribution in [3.8, 4) is 0 Å². The van der Waals surface area contributed by atoms with Gasteiger partial charge in [0.05, 0.1) is 19.8 Å². The van der Waals surface area contributed by atoms with Crippen LogP contribution in [-0.4, -0.2) is 77.6 Å². The standard InChI is InChI=1S/C20H40O7/c1-2-3-4-5-6-7-8-9-10-11-12-25-13-14-26-20-19(24)18(23)17(22)16(15-21)27-20/h16-24H,2-15H2,1H3/t16-,17-,18+,19-,20+/m1/s1. The zero-order valence-electron chi connectivity index (χ0n) is 16.8. The van der Waals surface area contributed by atoms with Gasteiger partial charge >= 0.3 is 0 Å². The van der Waals surface area contributed by atoms with E-state index in [9.17, 15) is 15.3 Å². The molecule has 1 aliphatic rings. The smallest absolute Gasteiger partial charge is 0.186 e. The minimum atomic E-state index is -1.41. The van der Waals surface area contributed by atoms with Crippen LogP contribution < -0.4 is 0 Å². The van der Waals surface area contributed by atoms with Crippen LogP contribution in [0, 0.1) is 0 Å². The SMILES string of the molecule is CCCCCCCCCCCCOCCO[C@H]1O[C@H](CO)[C@@H](O)[C@H](O)[C@H]1O. The number of aliphatic hydroxyl groups is 4. The van der Waals surface area contributed by atoms with Crippen LogP contribution in [0.5, 0.6) is 0 Å². The van der Waals surface area contributed by atoms with Gasteiger partial charge in [-0.05, 0) is 6.42 Å². The van der Waals surface area contributed by atoms with Crippen molar-refractivity contribution in [3.63, 3.8) is 0 Å². The molecule has 0 saturated carbocycles. The summed E-state index contributed by atoms with van der Waals surface area (Å²) in [5.41, 5.74) is 0. The van der Waals surface area contributed by atoms with E-state index in [2.05, 4.69) is 6.92 Å². The van der Waals surface area contributed by atoms with Crippen molar-refractivity contribution in [1.29, 1.82) is 0 Å². The summed E-state index contributed by atoms with van der Waals surface area (Å²) in [6, 6.07) is 0. The van der Waals surface area contributed by atoms with Crippen molar-refractivity contribution in [3.05, 3.63) is 0 Å². The van der Waals surface area contributed by atoms with E-state index in [1.165, 1.54) is 57.8 Å². The molecular weight excluding hydrogens is 352 g/mol. The molecule has 1 fully saturated rings. The Morgan fingerprint density at radius 2 is 1.30 bits per heavy atom. The summed E-state index contributed by atoms with van der Waals surface area (Å²) in [5.74, 6) is 0. The molecule has 0 unspecified atom stereocenters. The molecule has 1 rings (SSSR count). The van der Waals surface area contributed by atoms with E-state index in [1.54, 1.807) is 0 Å². The van der Waals surface area contributed by atoms with Gasteiger partial charge in [0.1, 0.15) is 24.4 Å². The fourth-order valence-electron chi connectivity index (χ4n) is 3.22. The van der Waals surface area contributed by atoms with Gasteiger partial charge in [-0.25, -0.2) is 0 Å². The Labute approximate surface area is 163 Å². The van der Waals surface area contributed by atoms with Crippen LogP contribution in [0.3, 0.4) is 0 Å². The van der Waals surface area contributed by atoms with Crippen LogP contribution in [0.4, 0.5) is 0 Å². The average molecular weight is 393 g/mol. The summed E-state index contributed by atoms with van der Waals surface area (Å²) in [4.78, 5) is 0. The summed E-state index contributed by atoms with van der Waals surface area (Å²) in [6.07, 6.45) is 6.66. The maximum atomic E-state index is 9.84. The van der Waals surface area contributed by atoms with Crippen LogP contribution >= 0.6 is 0 Å². The lowest BCUT2D eigenvalue weighted by molar-refractivity contribution is -0.302. The molecule has 5 atom stereocenters. The van der Waals surface area contributed by atoms with E-state index < -0.39 is 37.3 Å². The molecule has 0 amide bonds. The molecule has 4 N–H and O–H groups in total. The van der Waals surface area contributed by atoms with Gasteiger partial charge in [-0.15, -0.1) is 0 Å². The van der Waals surface area contributed by atoms with Crippen molar-refractivity contribution < 1.29 is 34.6 Å². The van der Waals surface area contributed by atoms with E-state index in [1.807, 2.05) is 0 Å². The lowest BCUT2D eigenvalue weighted by atomic mass is 9.99. The molecule has 7 nitrogen and oxygen atoms in total. The van der Waals surface area contributed by atoms with Crippen LogP contribution in [0.2, 0.25) is 0 Å². The highest BCUT2D eigenvalue weighted by Gasteiger charge is 2.43. The van der Waals surface area contributed by atoms with Gasteiger partial charge in [0.25, 0.3) is 0 Å². The number of hydrogen-bond donors (Lipinski definition) is 4. The monoisotopic (exact) mass is 392 g/mol.